The number of hydrogen-bond donors (Lipinski definition) is 2. The normalized spacial score (nSPS) is 10.5. The molecule has 0 bridgehead atoms. The fourth-order valence-corrected chi connectivity index (χ4v) is 2.52. The summed E-state index contributed by atoms with van der Waals surface area (Å²) in [5, 5.41) is 10.4. The number of aromatic nitrogens is 3. The molecular formula is C16H12ClF2N5S. The Morgan fingerprint density at radius 2 is 1.92 bits per heavy atom. The van der Waals surface area contributed by atoms with Crippen LogP contribution in [0.4, 0.5) is 20.4 Å². The van der Waals surface area contributed by atoms with Crippen LogP contribution in [-0.4, -0.2) is 19.9 Å². The van der Waals surface area contributed by atoms with Gasteiger partial charge in [0.1, 0.15) is 18.0 Å². The van der Waals surface area contributed by atoms with Gasteiger partial charge in [-0.3, -0.25) is 5.32 Å². The Kier molecular flexibility index (Phi) is 5.20. The van der Waals surface area contributed by atoms with Crippen molar-refractivity contribution in [1.29, 1.82) is 0 Å². The fraction of sp³-hybridized carbons (Fsp3) is 0.0625. The Balaban J connectivity index is 1.62. The number of hydrogen-bond acceptors (Lipinski definition) is 3. The van der Waals surface area contributed by atoms with Gasteiger partial charge < -0.3 is 5.32 Å². The summed E-state index contributed by atoms with van der Waals surface area (Å²) in [5.41, 5.74) is 1.22. The summed E-state index contributed by atoms with van der Waals surface area (Å²) < 4.78 is 27.7. The predicted octanol–water partition coefficient (Wildman–Crippen LogP) is 4.07. The van der Waals surface area contributed by atoms with E-state index in [4.69, 9.17) is 23.8 Å². The zero-order valence-corrected chi connectivity index (χ0v) is 14.3. The van der Waals surface area contributed by atoms with Crippen molar-refractivity contribution >= 4 is 40.6 Å². The van der Waals surface area contributed by atoms with E-state index < -0.39 is 5.82 Å². The first-order valence-electron chi connectivity index (χ1n) is 7.16. The Bertz CT molecular complexity index is 915. The molecule has 1 heterocycles. The monoisotopic (exact) mass is 379 g/mol. The quantitative estimate of drug-likeness (QED) is 0.669. The molecule has 1 aromatic heterocycles. The smallest absolute Gasteiger partial charge is 0.248 e. The Morgan fingerprint density at radius 1 is 1.12 bits per heavy atom. The Labute approximate surface area is 152 Å². The van der Waals surface area contributed by atoms with Gasteiger partial charge in [-0.05, 0) is 48.1 Å². The van der Waals surface area contributed by atoms with Crippen molar-refractivity contribution in [3.63, 3.8) is 0 Å². The lowest BCUT2D eigenvalue weighted by Crippen LogP contribution is -2.20. The summed E-state index contributed by atoms with van der Waals surface area (Å²) in [6.45, 7) is 0.331. The number of benzene rings is 2. The van der Waals surface area contributed by atoms with E-state index in [1.807, 2.05) is 0 Å². The summed E-state index contributed by atoms with van der Waals surface area (Å²) >= 11 is 11.1. The van der Waals surface area contributed by atoms with Crippen LogP contribution >= 0.6 is 23.8 Å². The molecule has 0 radical (unpaired) electrons. The van der Waals surface area contributed by atoms with Crippen molar-refractivity contribution in [3.05, 3.63) is 71.0 Å². The maximum atomic E-state index is 13.1. The number of halogens is 3. The van der Waals surface area contributed by atoms with Gasteiger partial charge in [0.25, 0.3) is 0 Å². The molecule has 0 amide bonds. The number of thiocarbonyl (C=S) groups is 1. The molecule has 9 heteroatoms. The van der Waals surface area contributed by atoms with E-state index >= 15 is 0 Å². The van der Waals surface area contributed by atoms with Crippen LogP contribution in [0.5, 0.6) is 0 Å². The van der Waals surface area contributed by atoms with Crippen LogP contribution in [0, 0.1) is 11.6 Å². The van der Waals surface area contributed by atoms with Crippen LogP contribution in [0.1, 0.15) is 5.56 Å². The van der Waals surface area contributed by atoms with E-state index in [9.17, 15) is 8.78 Å². The molecule has 3 rings (SSSR count). The molecule has 0 unspecified atom stereocenters. The molecule has 3 aromatic rings. The van der Waals surface area contributed by atoms with Crippen molar-refractivity contribution in [3.8, 4) is 0 Å². The molecular weight excluding hydrogens is 368 g/mol. The molecule has 2 N–H and O–H groups in total. The highest BCUT2D eigenvalue weighted by Crippen LogP contribution is 2.18. The van der Waals surface area contributed by atoms with E-state index in [0.717, 1.165) is 0 Å². The lowest BCUT2D eigenvalue weighted by molar-refractivity contribution is 0.624. The predicted molar refractivity (Wildman–Crippen MR) is 96.8 cm³/mol. The third kappa shape index (κ3) is 4.71. The first kappa shape index (κ1) is 17.2. The molecule has 0 aliphatic carbocycles. The van der Waals surface area contributed by atoms with E-state index in [0.29, 0.717) is 22.8 Å². The van der Waals surface area contributed by atoms with Gasteiger partial charge in [0.05, 0.1) is 6.54 Å². The van der Waals surface area contributed by atoms with Crippen LogP contribution < -0.4 is 10.6 Å². The van der Waals surface area contributed by atoms with Crippen molar-refractivity contribution in [1.82, 2.24) is 14.8 Å². The summed E-state index contributed by atoms with van der Waals surface area (Å²) in [6.07, 6.45) is 1.49. The maximum Gasteiger partial charge on any atom is 0.248 e. The van der Waals surface area contributed by atoms with Crippen molar-refractivity contribution < 1.29 is 8.78 Å². The molecule has 0 fully saturated rings. The second kappa shape index (κ2) is 7.54. The van der Waals surface area contributed by atoms with E-state index in [1.165, 1.54) is 35.3 Å². The van der Waals surface area contributed by atoms with E-state index in [1.54, 1.807) is 18.2 Å². The number of nitrogens with zero attached hydrogens (tertiary/aromatic N) is 3. The molecule has 0 aliphatic heterocycles. The van der Waals surface area contributed by atoms with Crippen LogP contribution in [0.2, 0.25) is 5.02 Å². The molecule has 0 spiro atoms. The summed E-state index contributed by atoms with van der Waals surface area (Å²) in [4.78, 5) is 4.08. The number of nitrogens with one attached hydrogen (secondary N) is 2. The molecule has 0 aliphatic rings. The van der Waals surface area contributed by atoms with Crippen LogP contribution in [0.25, 0.3) is 0 Å². The third-order valence-corrected chi connectivity index (χ3v) is 3.75. The van der Waals surface area contributed by atoms with Crippen LogP contribution in [0.3, 0.4) is 0 Å². The average molecular weight is 380 g/mol. The molecule has 2 aromatic carbocycles. The summed E-state index contributed by atoms with van der Waals surface area (Å²) in [5.74, 6) is -0.498. The molecule has 0 atom stereocenters. The van der Waals surface area contributed by atoms with Gasteiger partial charge in [-0.15, -0.1) is 5.10 Å². The van der Waals surface area contributed by atoms with Crippen LogP contribution in [-0.2, 0) is 6.54 Å². The zero-order chi connectivity index (χ0) is 17.8. The van der Waals surface area contributed by atoms with Gasteiger partial charge in [0.15, 0.2) is 5.11 Å². The summed E-state index contributed by atoms with van der Waals surface area (Å²) in [6, 6.07) is 10.1. The van der Waals surface area contributed by atoms with Gasteiger partial charge in [-0.2, -0.15) is 0 Å². The third-order valence-electron chi connectivity index (χ3n) is 3.19. The topological polar surface area (TPSA) is 54.8 Å². The number of rotatable bonds is 4. The van der Waals surface area contributed by atoms with Gasteiger partial charge in [0.2, 0.25) is 5.95 Å². The molecule has 0 saturated carbocycles. The van der Waals surface area contributed by atoms with Crippen molar-refractivity contribution in [2.75, 3.05) is 10.6 Å². The maximum absolute atomic E-state index is 13.1. The minimum atomic E-state index is -0.400. The fourth-order valence-electron chi connectivity index (χ4n) is 2.08. The van der Waals surface area contributed by atoms with Crippen molar-refractivity contribution in [2.24, 2.45) is 0 Å². The standard InChI is InChI=1S/C16H12ClF2N5S/c17-14-7-12(19)5-4-10(14)8-24-9-20-15(23-24)22-16(25)21-13-3-1-2-11(18)6-13/h1-7,9H,8H2,(H2,21,22,23,25). The first-order valence-corrected chi connectivity index (χ1v) is 7.95. The molecule has 25 heavy (non-hydrogen) atoms. The van der Waals surface area contributed by atoms with Gasteiger partial charge in [0, 0.05) is 10.7 Å². The Morgan fingerprint density at radius 3 is 2.68 bits per heavy atom. The van der Waals surface area contributed by atoms with Gasteiger partial charge in [-0.1, -0.05) is 23.7 Å². The first-order chi connectivity index (χ1) is 12.0. The molecule has 0 saturated heterocycles. The van der Waals surface area contributed by atoms with E-state index in [2.05, 4.69) is 20.7 Å². The van der Waals surface area contributed by atoms with Gasteiger partial charge >= 0.3 is 0 Å². The number of anilines is 2. The second-order valence-electron chi connectivity index (χ2n) is 5.09. The Hall–Kier alpha value is -2.58. The highest BCUT2D eigenvalue weighted by molar-refractivity contribution is 7.80. The lowest BCUT2D eigenvalue weighted by Gasteiger charge is -2.08. The molecule has 128 valence electrons. The molecule has 5 nitrogen and oxygen atoms in total. The average Bonchev–Trinajstić information content (AvgIpc) is 2.97. The zero-order valence-electron chi connectivity index (χ0n) is 12.7. The largest absolute Gasteiger partial charge is 0.332 e. The van der Waals surface area contributed by atoms with E-state index in [-0.39, 0.29) is 16.9 Å². The van der Waals surface area contributed by atoms with Crippen LogP contribution in [0.15, 0.2) is 48.8 Å². The highest BCUT2D eigenvalue weighted by Gasteiger charge is 2.07. The minimum absolute atomic E-state index is 0.225. The SMILES string of the molecule is Fc1cccc(NC(=S)Nc2ncn(Cc3ccc(F)cc3Cl)n2)c1. The van der Waals surface area contributed by atoms with Gasteiger partial charge in [-0.25, -0.2) is 18.4 Å². The lowest BCUT2D eigenvalue weighted by atomic mass is 10.2. The van der Waals surface area contributed by atoms with Crippen molar-refractivity contribution in [2.45, 2.75) is 6.54 Å². The second-order valence-corrected chi connectivity index (χ2v) is 5.91. The summed E-state index contributed by atoms with van der Waals surface area (Å²) in [7, 11) is 0. The highest BCUT2D eigenvalue weighted by atomic mass is 35.5. The minimum Gasteiger partial charge on any atom is -0.332 e.